The Hall–Kier alpha value is -3.41. The lowest BCUT2D eigenvalue weighted by Gasteiger charge is -2.17. The van der Waals surface area contributed by atoms with Gasteiger partial charge in [-0.25, -0.2) is 0 Å². The number of nitrogens with one attached hydrogen (secondary N) is 1. The number of ether oxygens (including phenoxy) is 1. The van der Waals surface area contributed by atoms with Gasteiger partial charge in [-0.1, -0.05) is 24.3 Å². The van der Waals surface area contributed by atoms with Crippen LogP contribution in [-0.4, -0.2) is 30.3 Å². The van der Waals surface area contributed by atoms with Crippen LogP contribution < -0.4 is 15.0 Å². The zero-order chi connectivity index (χ0) is 18.5. The molecular weight excluding hydrogens is 328 g/mol. The topological polar surface area (TPSA) is 67.3 Å². The molecule has 6 heteroatoms. The number of nitrogens with zero attached hydrogens (tertiary/aromatic N) is 3. The van der Waals surface area contributed by atoms with E-state index in [9.17, 15) is 4.79 Å². The first kappa shape index (κ1) is 17.4. The summed E-state index contributed by atoms with van der Waals surface area (Å²) in [6, 6.07) is 18.8. The number of benzene rings is 2. The van der Waals surface area contributed by atoms with Gasteiger partial charge in [0, 0.05) is 12.7 Å². The summed E-state index contributed by atoms with van der Waals surface area (Å²) in [6.45, 7) is 1.95. The van der Waals surface area contributed by atoms with Crippen LogP contribution in [0.4, 0.5) is 17.2 Å². The average Bonchev–Trinajstić information content (AvgIpc) is 2.68. The van der Waals surface area contributed by atoms with Gasteiger partial charge in [-0.05, 0) is 48.9 Å². The van der Waals surface area contributed by atoms with Gasteiger partial charge in [0.15, 0.2) is 11.5 Å². The molecule has 3 rings (SSSR count). The van der Waals surface area contributed by atoms with Crippen LogP contribution >= 0.6 is 0 Å². The van der Waals surface area contributed by atoms with E-state index < -0.39 is 0 Å². The monoisotopic (exact) mass is 348 g/mol. The van der Waals surface area contributed by atoms with Crippen molar-refractivity contribution < 1.29 is 9.53 Å². The molecule has 0 saturated heterocycles. The molecule has 0 unspecified atom stereocenters. The van der Waals surface area contributed by atoms with E-state index in [0.717, 1.165) is 11.3 Å². The highest BCUT2D eigenvalue weighted by Gasteiger charge is 2.13. The van der Waals surface area contributed by atoms with E-state index >= 15 is 0 Å². The summed E-state index contributed by atoms with van der Waals surface area (Å²) in [5.41, 5.74) is 2.85. The largest absolute Gasteiger partial charge is 0.495 e. The van der Waals surface area contributed by atoms with Gasteiger partial charge < -0.3 is 15.0 Å². The molecule has 0 aliphatic rings. The van der Waals surface area contributed by atoms with Crippen LogP contribution in [0.3, 0.4) is 0 Å². The van der Waals surface area contributed by atoms with Crippen LogP contribution in [-0.2, 0) is 0 Å². The number of aryl methyl sites for hydroxylation is 1. The van der Waals surface area contributed by atoms with E-state index in [1.54, 1.807) is 19.2 Å². The second kappa shape index (κ2) is 7.65. The number of carbonyl (C=O) groups excluding carboxylic acids is 1. The average molecular weight is 348 g/mol. The number of rotatable bonds is 5. The van der Waals surface area contributed by atoms with E-state index in [-0.39, 0.29) is 11.6 Å². The summed E-state index contributed by atoms with van der Waals surface area (Å²) in [7, 11) is 3.46. The summed E-state index contributed by atoms with van der Waals surface area (Å²) in [5.74, 6) is 0.911. The fraction of sp³-hybridized carbons (Fsp3) is 0.150. The molecule has 2 aromatic carbocycles. The number of aromatic nitrogens is 2. The molecule has 0 saturated carbocycles. The van der Waals surface area contributed by atoms with Gasteiger partial charge in [0.2, 0.25) is 0 Å². The minimum atomic E-state index is -0.338. The van der Waals surface area contributed by atoms with Crippen molar-refractivity contribution in [3.63, 3.8) is 0 Å². The first-order valence-corrected chi connectivity index (χ1v) is 8.17. The maximum Gasteiger partial charge on any atom is 0.276 e. The van der Waals surface area contributed by atoms with Gasteiger partial charge in [0.25, 0.3) is 5.91 Å². The molecule has 0 fully saturated rings. The molecule has 6 nitrogen and oxygen atoms in total. The maximum atomic E-state index is 12.5. The van der Waals surface area contributed by atoms with Crippen molar-refractivity contribution in [2.45, 2.75) is 6.92 Å². The van der Waals surface area contributed by atoms with Crippen molar-refractivity contribution in [3.05, 3.63) is 71.9 Å². The lowest BCUT2D eigenvalue weighted by atomic mass is 10.2. The lowest BCUT2D eigenvalue weighted by Crippen LogP contribution is -2.17. The second-order valence-corrected chi connectivity index (χ2v) is 5.83. The Morgan fingerprint density at radius 2 is 1.81 bits per heavy atom. The van der Waals surface area contributed by atoms with Crippen LogP contribution in [0.25, 0.3) is 0 Å². The van der Waals surface area contributed by atoms with E-state index in [4.69, 9.17) is 4.74 Å². The predicted molar refractivity (Wildman–Crippen MR) is 102 cm³/mol. The SMILES string of the molecule is COc1ccc(C)cc1NC(=O)c1ccc(N(C)c2ccccc2)nn1. The quantitative estimate of drug-likeness (QED) is 0.759. The van der Waals surface area contributed by atoms with Gasteiger partial charge in [0.1, 0.15) is 5.75 Å². The second-order valence-electron chi connectivity index (χ2n) is 5.83. The molecule has 1 aromatic heterocycles. The van der Waals surface area contributed by atoms with Gasteiger partial charge >= 0.3 is 0 Å². The van der Waals surface area contributed by atoms with Crippen molar-refractivity contribution >= 4 is 23.1 Å². The zero-order valence-electron chi connectivity index (χ0n) is 14.9. The summed E-state index contributed by atoms with van der Waals surface area (Å²) in [4.78, 5) is 14.4. The molecule has 0 aliphatic carbocycles. The first-order chi connectivity index (χ1) is 12.6. The minimum absolute atomic E-state index is 0.235. The highest BCUT2D eigenvalue weighted by atomic mass is 16.5. The number of anilines is 3. The van der Waals surface area contributed by atoms with Crippen LogP contribution in [0.5, 0.6) is 5.75 Å². The fourth-order valence-corrected chi connectivity index (χ4v) is 2.51. The highest BCUT2D eigenvalue weighted by molar-refractivity contribution is 6.03. The van der Waals surface area contributed by atoms with Crippen molar-refractivity contribution in [1.82, 2.24) is 10.2 Å². The Morgan fingerprint density at radius 1 is 1.04 bits per heavy atom. The Balaban J connectivity index is 1.76. The van der Waals surface area contributed by atoms with Gasteiger partial charge in [0.05, 0.1) is 12.8 Å². The van der Waals surface area contributed by atoms with Crippen LogP contribution in [0.2, 0.25) is 0 Å². The molecule has 26 heavy (non-hydrogen) atoms. The Labute approximate surface area is 152 Å². The third-order valence-electron chi connectivity index (χ3n) is 3.97. The van der Waals surface area contributed by atoms with E-state index in [1.165, 1.54) is 0 Å². The summed E-state index contributed by atoms with van der Waals surface area (Å²) < 4.78 is 5.28. The standard InChI is InChI=1S/C20H20N4O2/c1-14-9-11-18(26-3)17(13-14)21-20(25)16-10-12-19(23-22-16)24(2)15-7-5-4-6-8-15/h4-13H,1-3H3,(H,21,25). The molecule has 0 spiro atoms. The highest BCUT2D eigenvalue weighted by Crippen LogP contribution is 2.26. The van der Waals surface area contributed by atoms with Crippen LogP contribution in [0.1, 0.15) is 16.1 Å². The molecule has 0 bridgehead atoms. The molecule has 3 aromatic rings. The minimum Gasteiger partial charge on any atom is -0.495 e. The first-order valence-electron chi connectivity index (χ1n) is 8.17. The number of methoxy groups -OCH3 is 1. The van der Waals surface area contributed by atoms with Crippen molar-refractivity contribution in [2.75, 3.05) is 24.4 Å². The number of para-hydroxylation sites is 1. The molecule has 1 N–H and O–H groups in total. The molecule has 132 valence electrons. The molecule has 1 amide bonds. The van der Waals surface area contributed by atoms with E-state index in [0.29, 0.717) is 17.3 Å². The summed E-state index contributed by atoms with van der Waals surface area (Å²) >= 11 is 0. The third-order valence-corrected chi connectivity index (χ3v) is 3.97. The molecule has 1 heterocycles. The van der Waals surface area contributed by atoms with Gasteiger partial charge in [-0.15, -0.1) is 10.2 Å². The van der Waals surface area contributed by atoms with E-state index in [1.807, 2.05) is 67.4 Å². The summed E-state index contributed by atoms with van der Waals surface area (Å²) in [5, 5.41) is 11.0. The Kier molecular flexibility index (Phi) is 5.12. The smallest absolute Gasteiger partial charge is 0.276 e. The van der Waals surface area contributed by atoms with Crippen LogP contribution in [0.15, 0.2) is 60.7 Å². The van der Waals surface area contributed by atoms with Crippen molar-refractivity contribution in [3.8, 4) is 5.75 Å². The molecular formula is C20H20N4O2. The normalized spacial score (nSPS) is 10.3. The fourth-order valence-electron chi connectivity index (χ4n) is 2.51. The third kappa shape index (κ3) is 3.80. The van der Waals surface area contributed by atoms with Gasteiger partial charge in [-0.3, -0.25) is 4.79 Å². The number of carbonyl (C=O) groups is 1. The Bertz CT molecular complexity index is 895. The number of amides is 1. The predicted octanol–water partition coefficient (Wildman–Crippen LogP) is 3.81. The molecule has 0 aliphatic heterocycles. The Morgan fingerprint density at radius 3 is 2.46 bits per heavy atom. The molecule has 0 radical (unpaired) electrons. The zero-order valence-corrected chi connectivity index (χ0v) is 14.9. The number of hydrogen-bond donors (Lipinski definition) is 1. The lowest BCUT2D eigenvalue weighted by molar-refractivity contribution is 0.102. The van der Waals surface area contributed by atoms with E-state index in [2.05, 4.69) is 15.5 Å². The number of hydrogen-bond acceptors (Lipinski definition) is 5. The summed E-state index contributed by atoms with van der Waals surface area (Å²) in [6.07, 6.45) is 0. The van der Waals surface area contributed by atoms with Crippen molar-refractivity contribution in [1.29, 1.82) is 0 Å². The van der Waals surface area contributed by atoms with Crippen LogP contribution in [0, 0.1) is 6.92 Å². The van der Waals surface area contributed by atoms with Crippen molar-refractivity contribution in [2.24, 2.45) is 0 Å². The maximum absolute atomic E-state index is 12.5. The molecule has 0 atom stereocenters. The van der Waals surface area contributed by atoms with Gasteiger partial charge in [-0.2, -0.15) is 0 Å².